The Hall–Kier alpha value is -3.15. The second kappa shape index (κ2) is 8.47. The highest BCUT2D eigenvalue weighted by atomic mass is 16.5. The van der Waals surface area contributed by atoms with E-state index in [2.05, 4.69) is 15.3 Å². The second-order valence-electron chi connectivity index (χ2n) is 4.97. The SMILES string of the molecule is COC(=O)c1ccc(COc2ccc(/C=N\NC(C)=O)cc2)cc1. The Kier molecular flexibility index (Phi) is 6.08. The van der Waals surface area contributed by atoms with Crippen LogP contribution in [-0.2, 0) is 16.1 Å². The van der Waals surface area contributed by atoms with Crippen LogP contribution < -0.4 is 10.2 Å². The quantitative estimate of drug-likeness (QED) is 0.503. The number of esters is 1. The molecule has 2 aromatic carbocycles. The van der Waals surface area contributed by atoms with Crippen LogP contribution in [0.1, 0.15) is 28.4 Å². The van der Waals surface area contributed by atoms with Crippen molar-refractivity contribution >= 4 is 18.1 Å². The van der Waals surface area contributed by atoms with E-state index in [4.69, 9.17) is 4.74 Å². The molecule has 0 fully saturated rings. The lowest BCUT2D eigenvalue weighted by molar-refractivity contribution is -0.118. The number of nitrogens with one attached hydrogen (secondary N) is 1. The smallest absolute Gasteiger partial charge is 0.337 e. The summed E-state index contributed by atoms with van der Waals surface area (Å²) in [4.78, 5) is 22.1. The molecule has 2 rings (SSSR count). The van der Waals surface area contributed by atoms with Crippen LogP contribution in [0.25, 0.3) is 0 Å². The highest BCUT2D eigenvalue weighted by molar-refractivity contribution is 5.89. The molecule has 0 saturated heterocycles. The van der Waals surface area contributed by atoms with Gasteiger partial charge in [-0.05, 0) is 47.5 Å². The first-order valence-electron chi connectivity index (χ1n) is 7.28. The predicted octanol–water partition coefficient (Wildman–Crippen LogP) is 2.52. The molecule has 6 nitrogen and oxygen atoms in total. The number of carbonyl (C=O) groups excluding carboxylic acids is 2. The number of carbonyl (C=O) groups is 2. The van der Waals surface area contributed by atoms with E-state index in [0.29, 0.717) is 17.9 Å². The molecule has 24 heavy (non-hydrogen) atoms. The zero-order valence-electron chi connectivity index (χ0n) is 13.5. The van der Waals surface area contributed by atoms with Crippen molar-refractivity contribution in [2.45, 2.75) is 13.5 Å². The van der Waals surface area contributed by atoms with E-state index < -0.39 is 0 Å². The van der Waals surface area contributed by atoms with E-state index >= 15 is 0 Å². The molecule has 0 aliphatic carbocycles. The Bertz CT molecular complexity index is 722. The van der Waals surface area contributed by atoms with Crippen molar-refractivity contribution in [2.24, 2.45) is 5.10 Å². The van der Waals surface area contributed by atoms with E-state index in [1.54, 1.807) is 18.3 Å². The molecule has 0 spiro atoms. The van der Waals surface area contributed by atoms with Gasteiger partial charge in [0.05, 0.1) is 18.9 Å². The zero-order valence-corrected chi connectivity index (χ0v) is 13.5. The number of hydrogen-bond donors (Lipinski definition) is 1. The van der Waals surface area contributed by atoms with Crippen LogP contribution in [-0.4, -0.2) is 25.2 Å². The van der Waals surface area contributed by atoms with Gasteiger partial charge in [0.25, 0.3) is 0 Å². The average Bonchev–Trinajstić information content (AvgIpc) is 2.60. The van der Waals surface area contributed by atoms with Crippen molar-refractivity contribution in [3.8, 4) is 5.75 Å². The molecule has 124 valence electrons. The fraction of sp³-hybridized carbons (Fsp3) is 0.167. The van der Waals surface area contributed by atoms with Crippen LogP contribution in [0.4, 0.5) is 0 Å². The summed E-state index contributed by atoms with van der Waals surface area (Å²) in [6.45, 7) is 1.78. The Balaban J connectivity index is 1.89. The van der Waals surface area contributed by atoms with Crippen LogP contribution in [0.3, 0.4) is 0 Å². The van der Waals surface area contributed by atoms with Crippen LogP contribution in [0.15, 0.2) is 53.6 Å². The Morgan fingerprint density at radius 2 is 1.75 bits per heavy atom. The molecular formula is C18H18N2O4. The molecule has 0 aromatic heterocycles. The number of hydrazone groups is 1. The molecule has 0 bridgehead atoms. The van der Waals surface area contributed by atoms with Crippen LogP contribution in [0.5, 0.6) is 5.75 Å². The highest BCUT2D eigenvalue weighted by Gasteiger charge is 2.04. The lowest BCUT2D eigenvalue weighted by Gasteiger charge is -2.07. The van der Waals surface area contributed by atoms with Crippen molar-refractivity contribution in [3.05, 3.63) is 65.2 Å². The maximum Gasteiger partial charge on any atom is 0.337 e. The number of hydrogen-bond acceptors (Lipinski definition) is 5. The van der Waals surface area contributed by atoms with E-state index in [1.807, 2.05) is 36.4 Å². The van der Waals surface area contributed by atoms with E-state index in [1.165, 1.54) is 14.0 Å². The van der Waals surface area contributed by atoms with Crippen molar-refractivity contribution in [3.63, 3.8) is 0 Å². The molecule has 2 aromatic rings. The van der Waals surface area contributed by atoms with E-state index in [-0.39, 0.29) is 11.9 Å². The third-order valence-electron chi connectivity index (χ3n) is 3.10. The fourth-order valence-corrected chi connectivity index (χ4v) is 1.87. The number of nitrogens with zero attached hydrogens (tertiary/aromatic N) is 1. The van der Waals surface area contributed by atoms with Crippen molar-refractivity contribution in [2.75, 3.05) is 7.11 Å². The summed E-state index contributed by atoms with van der Waals surface area (Å²) in [6, 6.07) is 14.3. The van der Waals surface area contributed by atoms with Gasteiger partial charge in [0.2, 0.25) is 5.91 Å². The number of amides is 1. The molecule has 0 heterocycles. The molecule has 0 saturated carbocycles. The number of benzene rings is 2. The molecule has 1 amide bonds. The zero-order chi connectivity index (χ0) is 17.4. The number of ether oxygens (including phenoxy) is 2. The van der Waals surface area contributed by atoms with E-state index in [9.17, 15) is 9.59 Å². The van der Waals surface area contributed by atoms with Gasteiger partial charge < -0.3 is 9.47 Å². The van der Waals surface area contributed by atoms with Gasteiger partial charge in [-0.25, -0.2) is 10.2 Å². The van der Waals surface area contributed by atoms with Crippen LogP contribution in [0, 0.1) is 0 Å². The maximum atomic E-state index is 11.4. The van der Waals surface area contributed by atoms with Gasteiger partial charge >= 0.3 is 5.97 Å². The summed E-state index contributed by atoms with van der Waals surface area (Å²) in [5.74, 6) is 0.132. The first-order valence-corrected chi connectivity index (χ1v) is 7.28. The standard InChI is InChI=1S/C18H18N2O4/c1-13(21)20-19-11-14-5-9-17(10-6-14)24-12-15-3-7-16(8-4-15)18(22)23-2/h3-11H,12H2,1-2H3,(H,20,21)/b19-11-. The minimum absolute atomic E-state index is 0.218. The lowest BCUT2D eigenvalue weighted by Crippen LogP contribution is -2.12. The van der Waals surface area contributed by atoms with Gasteiger partial charge in [-0.15, -0.1) is 0 Å². The fourth-order valence-electron chi connectivity index (χ4n) is 1.87. The number of methoxy groups -OCH3 is 1. The molecule has 0 atom stereocenters. The van der Waals surface area contributed by atoms with Gasteiger partial charge in [0.15, 0.2) is 0 Å². The topological polar surface area (TPSA) is 77.0 Å². The van der Waals surface area contributed by atoms with E-state index in [0.717, 1.165) is 11.1 Å². The monoisotopic (exact) mass is 326 g/mol. The first-order chi connectivity index (χ1) is 11.6. The Labute approximate surface area is 140 Å². The van der Waals surface area contributed by atoms with Crippen molar-refractivity contribution in [1.29, 1.82) is 0 Å². The predicted molar refractivity (Wildman–Crippen MR) is 90.0 cm³/mol. The Morgan fingerprint density at radius 1 is 1.08 bits per heavy atom. The second-order valence-corrected chi connectivity index (χ2v) is 4.97. The molecule has 6 heteroatoms. The third-order valence-corrected chi connectivity index (χ3v) is 3.10. The summed E-state index contributed by atoms with van der Waals surface area (Å²) < 4.78 is 10.3. The van der Waals surface area contributed by atoms with Crippen molar-refractivity contribution in [1.82, 2.24) is 5.43 Å². The molecule has 1 N–H and O–H groups in total. The van der Waals surface area contributed by atoms with Gasteiger partial charge in [-0.3, -0.25) is 4.79 Å². The van der Waals surface area contributed by atoms with Crippen molar-refractivity contribution < 1.29 is 19.1 Å². The normalized spacial score (nSPS) is 10.4. The largest absolute Gasteiger partial charge is 0.489 e. The summed E-state index contributed by atoms with van der Waals surface area (Å²) in [6.07, 6.45) is 1.55. The lowest BCUT2D eigenvalue weighted by atomic mass is 10.1. The summed E-state index contributed by atoms with van der Waals surface area (Å²) >= 11 is 0. The maximum absolute atomic E-state index is 11.4. The molecule has 0 aliphatic heterocycles. The first kappa shape index (κ1) is 17.2. The number of rotatable bonds is 6. The van der Waals surface area contributed by atoms with Gasteiger partial charge in [0, 0.05) is 6.92 Å². The minimum Gasteiger partial charge on any atom is -0.489 e. The highest BCUT2D eigenvalue weighted by Crippen LogP contribution is 2.14. The molecule has 0 aliphatic rings. The average molecular weight is 326 g/mol. The summed E-state index contributed by atoms with van der Waals surface area (Å²) in [5.41, 5.74) is 4.63. The minimum atomic E-state index is -0.362. The molecule has 0 radical (unpaired) electrons. The van der Waals surface area contributed by atoms with Crippen LogP contribution >= 0.6 is 0 Å². The Morgan fingerprint density at radius 3 is 2.33 bits per heavy atom. The summed E-state index contributed by atoms with van der Waals surface area (Å²) in [7, 11) is 1.35. The molecular weight excluding hydrogens is 308 g/mol. The molecule has 0 unspecified atom stereocenters. The van der Waals surface area contributed by atoms with Crippen LogP contribution in [0.2, 0.25) is 0 Å². The van der Waals surface area contributed by atoms with Gasteiger partial charge in [0.1, 0.15) is 12.4 Å². The summed E-state index contributed by atoms with van der Waals surface area (Å²) in [5, 5.41) is 3.79. The van der Waals surface area contributed by atoms with Gasteiger partial charge in [-0.2, -0.15) is 5.10 Å². The van der Waals surface area contributed by atoms with Gasteiger partial charge in [-0.1, -0.05) is 12.1 Å². The third kappa shape index (κ3) is 5.24.